The zero-order valence-corrected chi connectivity index (χ0v) is 22.8. The summed E-state index contributed by atoms with van der Waals surface area (Å²) in [5.74, 6) is -0.266. The van der Waals surface area contributed by atoms with E-state index in [0.29, 0.717) is 32.6 Å². The van der Waals surface area contributed by atoms with E-state index in [4.69, 9.17) is 40.4 Å². The molecule has 1 amide bonds. The summed E-state index contributed by atoms with van der Waals surface area (Å²) in [5, 5.41) is 7.70. The number of hydrogen-bond acceptors (Lipinski definition) is 3. The van der Waals surface area contributed by atoms with Gasteiger partial charge in [-0.25, -0.2) is 4.99 Å². The first kappa shape index (κ1) is 25.9. The predicted molar refractivity (Wildman–Crippen MR) is 161 cm³/mol. The zero-order valence-electron chi connectivity index (χ0n) is 20.5. The third-order valence-corrected chi connectivity index (χ3v) is 7.08. The van der Waals surface area contributed by atoms with Crippen LogP contribution in [0.1, 0.15) is 22.3 Å². The molecule has 190 valence electrons. The number of thiocarbonyl (C=S) groups is 1. The van der Waals surface area contributed by atoms with E-state index in [9.17, 15) is 4.79 Å². The fraction of sp³-hybridized carbons (Fsp3) is 0.100. The highest BCUT2D eigenvalue weighted by molar-refractivity contribution is 7.80. The van der Waals surface area contributed by atoms with Gasteiger partial charge in [-0.1, -0.05) is 89.9 Å². The minimum atomic E-state index is -0.987. The zero-order chi connectivity index (χ0) is 26.6. The van der Waals surface area contributed by atoms with E-state index in [-0.39, 0.29) is 11.0 Å². The lowest BCUT2D eigenvalue weighted by Gasteiger charge is -2.22. The molecule has 1 unspecified atom stereocenters. The molecule has 0 saturated heterocycles. The molecule has 0 aromatic heterocycles. The number of amides is 1. The van der Waals surface area contributed by atoms with Gasteiger partial charge in [-0.05, 0) is 60.1 Å². The maximum absolute atomic E-state index is 13.6. The van der Waals surface area contributed by atoms with Crippen LogP contribution in [-0.2, 0) is 11.2 Å². The number of benzene rings is 4. The summed E-state index contributed by atoms with van der Waals surface area (Å²) in [6, 6.07) is 30.9. The molecule has 8 heteroatoms. The molecule has 2 N–H and O–H groups in total. The van der Waals surface area contributed by atoms with Crippen LogP contribution in [0, 0.1) is 0 Å². The third kappa shape index (κ3) is 5.58. The number of para-hydroxylation sites is 1. The lowest BCUT2D eigenvalue weighted by Crippen LogP contribution is -2.47. The Hall–Kier alpha value is -3.71. The number of likely N-dealkylation sites (N-methyl/N-ethyl adjacent to an activating group) is 1. The summed E-state index contributed by atoms with van der Waals surface area (Å²) < 4.78 is 0. The molecule has 5 rings (SSSR count). The molecule has 4 aromatic carbocycles. The Bertz CT molecular complexity index is 1540. The second kappa shape index (κ2) is 11.4. The van der Waals surface area contributed by atoms with Crippen molar-refractivity contribution in [2.24, 2.45) is 4.99 Å². The highest BCUT2D eigenvalue weighted by Crippen LogP contribution is 2.32. The van der Waals surface area contributed by atoms with Crippen molar-refractivity contribution < 1.29 is 4.79 Å². The van der Waals surface area contributed by atoms with Crippen molar-refractivity contribution in [3.05, 3.63) is 129 Å². The van der Waals surface area contributed by atoms with Gasteiger partial charge in [0.05, 0.1) is 11.4 Å². The SMILES string of the molecule is CN1C(=O)C(NC(=S)Nc2ccccc2Cc2ccccc2)N=C(c2ccccc2Cl)c2cc(Cl)ccc21. The molecular weight excluding hydrogens is 535 g/mol. The van der Waals surface area contributed by atoms with Gasteiger partial charge in [0.25, 0.3) is 5.91 Å². The highest BCUT2D eigenvalue weighted by atomic mass is 35.5. The molecule has 1 atom stereocenters. The molecule has 4 aromatic rings. The highest BCUT2D eigenvalue weighted by Gasteiger charge is 2.31. The van der Waals surface area contributed by atoms with Crippen LogP contribution in [0.3, 0.4) is 0 Å². The largest absolute Gasteiger partial charge is 0.333 e. The van der Waals surface area contributed by atoms with E-state index >= 15 is 0 Å². The Morgan fingerprint density at radius 2 is 1.63 bits per heavy atom. The molecule has 0 radical (unpaired) electrons. The van der Waals surface area contributed by atoms with E-state index in [1.54, 1.807) is 36.2 Å². The Balaban J connectivity index is 1.46. The van der Waals surface area contributed by atoms with E-state index in [1.165, 1.54) is 5.56 Å². The summed E-state index contributed by atoms with van der Waals surface area (Å²) in [4.78, 5) is 19.9. The van der Waals surface area contributed by atoms with Gasteiger partial charge in [0.2, 0.25) is 6.17 Å². The van der Waals surface area contributed by atoms with Crippen LogP contribution in [0.25, 0.3) is 0 Å². The van der Waals surface area contributed by atoms with Crippen LogP contribution in [0.2, 0.25) is 10.0 Å². The number of hydrogen-bond donors (Lipinski definition) is 2. The molecule has 0 aliphatic carbocycles. The van der Waals surface area contributed by atoms with Gasteiger partial charge in [-0.15, -0.1) is 0 Å². The Labute approximate surface area is 237 Å². The van der Waals surface area contributed by atoms with Crippen molar-refractivity contribution >= 4 is 63.5 Å². The number of benzodiazepines with no additional fused rings is 1. The Kier molecular flexibility index (Phi) is 7.74. The molecule has 1 aliphatic heterocycles. The number of nitrogens with zero attached hydrogens (tertiary/aromatic N) is 2. The van der Waals surface area contributed by atoms with Crippen molar-refractivity contribution in [1.29, 1.82) is 0 Å². The van der Waals surface area contributed by atoms with Gasteiger partial charge in [0.15, 0.2) is 5.11 Å². The van der Waals surface area contributed by atoms with Crippen LogP contribution in [-0.4, -0.2) is 29.9 Å². The van der Waals surface area contributed by atoms with Crippen molar-refractivity contribution in [3.63, 3.8) is 0 Å². The van der Waals surface area contributed by atoms with E-state index in [2.05, 4.69) is 28.8 Å². The third-order valence-electron chi connectivity index (χ3n) is 6.30. The number of anilines is 2. The van der Waals surface area contributed by atoms with Gasteiger partial charge in [-0.2, -0.15) is 0 Å². The van der Waals surface area contributed by atoms with E-state index in [1.807, 2.05) is 54.6 Å². The minimum absolute atomic E-state index is 0.266. The molecule has 38 heavy (non-hydrogen) atoms. The molecule has 1 aliphatic rings. The maximum atomic E-state index is 13.6. The molecule has 0 saturated carbocycles. The fourth-order valence-electron chi connectivity index (χ4n) is 4.40. The second-order valence-corrected chi connectivity index (χ2v) is 10.1. The predicted octanol–water partition coefficient (Wildman–Crippen LogP) is 6.71. The number of carbonyl (C=O) groups is 1. The topological polar surface area (TPSA) is 56.7 Å². The van der Waals surface area contributed by atoms with E-state index < -0.39 is 6.17 Å². The van der Waals surface area contributed by atoms with Gasteiger partial charge >= 0.3 is 0 Å². The fourth-order valence-corrected chi connectivity index (χ4v) is 5.02. The van der Waals surface area contributed by atoms with Crippen LogP contribution in [0.5, 0.6) is 0 Å². The first-order valence-corrected chi connectivity index (χ1v) is 13.2. The van der Waals surface area contributed by atoms with Crippen LogP contribution in [0.4, 0.5) is 11.4 Å². The number of carbonyl (C=O) groups excluding carboxylic acids is 1. The minimum Gasteiger partial charge on any atom is -0.333 e. The lowest BCUT2D eigenvalue weighted by molar-refractivity contribution is -0.119. The lowest BCUT2D eigenvalue weighted by atomic mass is 10.00. The maximum Gasteiger partial charge on any atom is 0.272 e. The standard InChI is InChI=1S/C30H24Cl2N4OS/c1-36-26-16-15-21(31)18-23(26)27(22-12-6-7-13-24(22)32)34-28(29(36)37)35-30(38)33-25-14-8-5-11-20(25)17-19-9-3-2-4-10-19/h2-16,18,28H,17H2,1H3,(H2,33,35,38). The number of aliphatic imine (C=N–C) groups is 1. The molecule has 0 fully saturated rings. The summed E-state index contributed by atoms with van der Waals surface area (Å²) in [6.07, 6.45) is -0.249. The van der Waals surface area contributed by atoms with Crippen molar-refractivity contribution in [2.75, 3.05) is 17.3 Å². The second-order valence-electron chi connectivity index (χ2n) is 8.84. The first-order chi connectivity index (χ1) is 18.4. The smallest absolute Gasteiger partial charge is 0.272 e. The van der Waals surface area contributed by atoms with Crippen LogP contribution in [0.15, 0.2) is 102 Å². The average Bonchev–Trinajstić information content (AvgIpc) is 3.01. The normalized spacial score (nSPS) is 14.8. The Morgan fingerprint density at radius 3 is 2.42 bits per heavy atom. The summed E-state index contributed by atoms with van der Waals surface area (Å²) >= 11 is 18.6. The number of halogens is 2. The van der Waals surface area contributed by atoms with Gasteiger partial charge in [0.1, 0.15) is 0 Å². The molecular formula is C30H24Cl2N4OS. The van der Waals surface area contributed by atoms with Gasteiger partial charge in [0, 0.05) is 33.9 Å². The van der Waals surface area contributed by atoms with Crippen LogP contribution >= 0.6 is 35.4 Å². The molecule has 0 spiro atoms. The summed E-state index contributed by atoms with van der Waals surface area (Å²) in [5.41, 5.74) is 5.75. The monoisotopic (exact) mass is 558 g/mol. The molecule has 1 heterocycles. The average molecular weight is 560 g/mol. The van der Waals surface area contributed by atoms with Gasteiger partial charge < -0.3 is 15.5 Å². The number of nitrogens with one attached hydrogen (secondary N) is 2. The van der Waals surface area contributed by atoms with Crippen LogP contribution < -0.4 is 15.5 Å². The van der Waals surface area contributed by atoms with E-state index in [0.717, 1.165) is 17.7 Å². The summed E-state index contributed by atoms with van der Waals surface area (Å²) in [7, 11) is 1.71. The molecule has 0 bridgehead atoms. The van der Waals surface area contributed by atoms with Gasteiger partial charge in [-0.3, -0.25) is 4.79 Å². The van der Waals surface area contributed by atoms with Crippen molar-refractivity contribution in [3.8, 4) is 0 Å². The molecule has 5 nitrogen and oxygen atoms in total. The van der Waals surface area contributed by atoms with Crippen molar-refractivity contribution in [1.82, 2.24) is 5.32 Å². The first-order valence-electron chi connectivity index (χ1n) is 12.0. The number of fused-ring (bicyclic) bond motifs is 1. The quantitative estimate of drug-likeness (QED) is 0.267. The summed E-state index contributed by atoms with van der Waals surface area (Å²) in [6.45, 7) is 0. The number of rotatable bonds is 5. The van der Waals surface area contributed by atoms with Crippen molar-refractivity contribution in [2.45, 2.75) is 12.6 Å². The Morgan fingerprint density at radius 1 is 0.921 bits per heavy atom.